The Morgan fingerprint density at radius 3 is 2.52 bits per heavy atom. The monoisotopic (exact) mass is 307 g/mol. The molecule has 1 aromatic rings. The second-order valence-electron chi connectivity index (χ2n) is 5.22. The Morgan fingerprint density at radius 1 is 1.29 bits per heavy atom. The predicted molar refractivity (Wildman–Crippen MR) is 68.1 cm³/mol. The zero-order valence-corrected chi connectivity index (χ0v) is 11.3. The Balaban J connectivity index is 1.69. The standard InChI is InChI=1S/C14H17F4NO2/c15-12-4-2-1-3-10(12)8-21-9-11(20)7-19-13(5-6-13)14(16,17)18/h1-4,11,19-20H,5-9H2. The molecule has 2 rings (SSSR count). The maximum atomic E-state index is 13.3. The molecule has 0 saturated heterocycles. The van der Waals surface area contributed by atoms with Crippen molar-refractivity contribution in [3.63, 3.8) is 0 Å². The zero-order valence-electron chi connectivity index (χ0n) is 11.3. The van der Waals surface area contributed by atoms with Gasteiger partial charge in [-0.2, -0.15) is 13.2 Å². The van der Waals surface area contributed by atoms with Gasteiger partial charge in [0, 0.05) is 12.1 Å². The molecule has 0 aromatic heterocycles. The number of β-amino-alcohol motifs (C(OH)–C–C–N with tert-alkyl or cyclic N) is 1. The van der Waals surface area contributed by atoms with E-state index in [4.69, 9.17) is 4.74 Å². The minimum absolute atomic E-state index is 0.0271. The van der Waals surface area contributed by atoms with Gasteiger partial charge in [-0.3, -0.25) is 0 Å². The maximum absolute atomic E-state index is 13.3. The number of benzene rings is 1. The van der Waals surface area contributed by atoms with Crippen molar-refractivity contribution in [1.82, 2.24) is 5.32 Å². The Bertz CT molecular complexity index is 474. The van der Waals surface area contributed by atoms with Gasteiger partial charge in [-0.05, 0) is 18.9 Å². The minimum Gasteiger partial charge on any atom is -0.389 e. The number of rotatable bonds is 7. The highest BCUT2D eigenvalue weighted by molar-refractivity contribution is 5.16. The van der Waals surface area contributed by atoms with E-state index in [0.717, 1.165) is 0 Å². The van der Waals surface area contributed by atoms with Crippen LogP contribution in [-0.2, 0) is 11.3 Å². The van der Waals surface area contributed by atoms with E-state index >= 15 is 0 Å². The number of nitrogens with one attached hydrogen (secondary N) is 1. The molecule has 0 spiro atoms. The largest absolute Gasteiger partial charge is 0.406 e. The third-order valence-electron chi connectivity index (χ3n) is 3.49. The molecule has 1 atom stereocenters. The first-order chi connectivity index (χ1) is 9.84. The predicted octanol–water partition coefficient (Wildman–Crippen LogP) is 2.39. The molecule has 1 fully saturated rings. The Morgan fingerprint density at radius 2 is 1.95 bits per heavy atom. The van der Waals surface area contributed by atoms with Crippen LogP contribution in [0.1, 0.15) is 18.4 Å². The van der Waals surface area contributed by atoms with Crippen molar-refractivity contribution in [3.05, 3.63) is 35.6 Å². The highest BCUT2D eigenvalue weighted by Crippen LogP contribution is 2.48. The molecule has 0 radical (unpaired) electrons. The highest BCUT2D eigenvalue weighted by Gasteiger charge is 2.63. The van der Waals surface area contributed by atoms with Gasteiger partial charge in [0.2, 0.25) is 0 Å². The number of ether oxygens (including phenoxy) is 1. The van der Waals surface area contributed by atoms with Crippen LogP contribution in [0.4, 0.5) is 17.6 Å². The number of hydrogen-bond donors (Lipinski definition) is 2. The summed E-state index contributed by atoms with van der Waals surface area (Å²) in [5.74, 6) is -0.417. The maximum Gasteiger partial charge on any atom is 0.406 e. The van der Waals surface area contributed by atoms with Crippen LogP contribution in [0.5, 0.6) is 0 Å². The van der Waals surface area contributed by atoms with E-state index in [-0.39, 0.29) is 32.6 Å². The second-order valence-corrected chi connectivity index (χ2v) is 5.22. The fourth-order valence-corrected chi connectivity index (χ4v) is 1.98. The summed E-state index contributed by atoms with van der Waals surface area (Å²) in [5, 5.41) is 11.9. The second kappa shape index (κ2) is 6.29. The summed E-state index contributed by atoms with van der Waals surface area (Å²) in [7, 11) is 0. The molecule has 21 heavy (non-hydrogen) atoms. The average molecular weight is 307 g/mol. The van der Waals surface area contributed by atoms with Crippen LogP contribution in [0.3, 0.4) is 0 Å². The first-order valence-electron chi connectivity index (χ1n) is 6.65. The number of hydrogen-bond acceptors (Lipinski definition) is 3. The molecule has 7 heteroatoms. The van der Waals surface area contributed by atoms with Crippen LogP contribution >= 0.6 is 0 Å². The molecule has 1 aliphatic carbocycles. The Kier molecular flexibility index (Phi) is 4.85. The SMILES string of the molecule is OC(CNC1(C(F)(F)F)CC1)COCc1ccccc1F. The van der Waals surface area contributed by atoms with Crippen molar-refractivity contribution >= 4 is 0 Å². The lowest BCUT2D eigenvalue weighted by Gasteiger charge is -2.22. The van der Waals surface area contributed by atoms with Gasteiger partial charge in [0.15, 0.2) is 0 Å². The van der Waals surface area contributed by atoms with Crippen LogP contribution in [0.2, 0.25) is 0 Å². The molecule has 118 valence electrons. The summed E-state index contributed by atoms with van der Waals surface area (Å²) in [6.45, 7) is -0.403. The molecule has 1 aromatic carbocycles. The topological polar surface area (TPSA) is 41.5 Å². The van der Waals surface area contributed by atoms with Crippen molar-refractivity contribution in [2.75, 3.05) is 13.2 Å². The van der Waals surface area contributed by atoms with Crippen molar-refractivity contribution in [3.8, 4) is 0 Å². The van der Waals surface area contributed by atoms with E-state index in [1.807, 2.05) is 0 Å². The van der Waals surface area contributed by atoms with E-state index in [1.54, 1.807) is 18.2 Å². The van der Waals surface area contributed by atoms with Gasteiger partial charge in [0.1, 0.15) is 11.4 Å². The molecule has 0 aliphatic heterocycles. The van der Waals surface area contributed by atoms with E-state index in [2.05, 4.69) is 5.32 Å². The molecule has 3 nitrogen and oxygen atoms in total. The van der Waals surface area contributed by atoms with E-state index in [9.17, 15) is 22.7 Å². The van der Waals surface area contributed by atoms with E-state index < -0.39 is 23.6 Å². The van der Waals surface area contributed by atoms with Crippen LogP contribution < -0.4 is 5.32 Å². The number of halogens is 4. The van der Waals surface area contributed by atoms with Crippen LogP contribution in [0, 0.1) is 5.82 Å². The van der Waals surface area contributed by atoms with E-state index in [0.29, 0.717) is 5.56 Å². The fraction of sp³-hybridized carbons (Fsp3) is 0.571. The molecule has 0 heterocycles. The molecule has 0 bridgehead atoms. The van der Waals surface area contributed by atoms with Crippen LogP contribution in [0.25, 0.3) is 0 Å². The smallest absolute Gasteiger partial charge is 0.389 e. The van der Waals surface area contributed by atoms with Crippen molar-refractivity contribution in [2.24, 2.45) is 0 Å². The Hall–Kier alpha value is -1.18. The third kappa shape index (κ3) is 4.15. The number of aliphatic hydroxyl groups excluding tert-OH is 1. The van der Waals surface area contributed by atoms with Crippen LogP contribution in [-0.4, -0.2) is 36.1 Å². The normalized spacial score (nSPS) is 18.5. The third-order valence-corrected chi connectivity index (χ3v) is 3.49. The summed E-state index contributed by atoms with van der Waals surface area (Å²) < 4.78 is 56.3. The summed E-state index contributed by atoms with van der Waals surface area (Å²) in [5.41, 5.74) is -1.51. The van der Waals surface area contributed by atoms with Crippen molar-refractivity contribution < 1.29 is 27.4 Å². The van der Waals surface area contributed by atoms with Crippen molar-refractivity contribution in [1.29, 1.82) is 0 Å². The zero-order chi connectivity index (χ0) is 15.5. The molecular weight excluding hydrogens is 290 g/mol. The number of alkyl halides is 3. The summed E-state index contributed by atoms with van der Waals surface area (Å²) >= 11 is 0. The molecule has 1 saturated carbocycles. The highest BCUT2D eigenvalue weighted by atomic mass is 19.4. The fourth-order valence-electron chi connectivity index (χ4n) is 1.98. The van der Waals surface area contributed by atoms with Gasteiger partial charge in [0.25, 0.3) is 0 Å². The van der Waals surface area contributed by atoms with Crippen LogP contribution in [0.15, 0.2) is 24.3 Å². The summed E-state index contributed by atoms with van der Waals surface area (Å²) in [4.78, 5) is 0. The first kappa shape index (κ1) is 16.2. The first-order valence-corrected chi connectivity index (χ1v) is 6.65. The molecule has 0 amide bonds. The van der Waals surface area contributed by atoms with Gasteiger partial charge in [-0.1, -0.05) is 18.2 Å². The van der Waals surface area contributed by atoms with Gasteiger partial charge >= 0.3 is 6.18 Å². The van der Waals surface area contributed by atoms with Crippen molar-refractivity contribution in [2.45, 2.75) is 37.3 Å². The lowest BCUT2D eigenvalue weighted by Crippen LogP contribution is -2.48. The van der Waals surface area contributed by atoms with E-state index in [1.165, 1.54) is 6.07 Å². The van der Waals surface area contributed by atoms with Gasteiger partial charge in [-0.25, -0.2) is 4.39 Å². The minimum atomic E-state index is -4.30. The summed E-state index contributed by atoms with van der Waals surface area (Å²) in [6, 6.07) is 6.03. The number of aliphatic hydroxyl groups is 1. The molecule has 1 unspecified atom stereocenters. The lowest BCUT2D eigenvalue weighted by atomic mass is 10.2. The molecular formula is C14H17F4NO2. The summed E-state index contributed by atoms with van der Waals surface area (Å²) in [6.07, 6.45) is -5.32. The quantitative estimate of drug-likeness (QED) is 0.760. The molecule has 2 N–H and O–H groups in total. The Labute approximate surface area is 119 Å². The molecule has 1 aliphatic rings. The van der Waals surface area contributed by atoms with Gasteiger partial charge in [0.05, 0.1) is 19.3 Å². The van der Waals surface area contributed by atoms with Gasteiger partial charge < -0.3 is 15.2 Å². The van der Waals surface area contributed by atoms with Gasteiger partial charge in [-0.15, -0.1) is 0 Å². The lowest BCUT2D eigenvalue weighted by molar-refractivity contribution is -0.167. The average Bonchev–Trinajstić information content (AvgIpc) is 3.19.